The van der Waals surface area contributed by atoms with Crippen LogP contribution in [0.2, 0.25) is 0 Å². The molecule has 1 amide bonds. The smallest absolute Gasteiger partial charge is 0.226 e. The number of halogens is 1. The summed E-state index contributed by atoms with van der Waals surface area (Å²) in [5.41, 5.74) is -0.469. The van der Waals surface area contributed by atoms with Crippen molar-refractivity contribution >= 4 is 17.5 Å². The second-order valence-electron chi connectivity index (χ2n) is 5.42. The molecule has 0 saturated carbocycles. The van der Waals surface area contributed by atoms with Crippen molar-refractivity contribution in [1.29, 1.82) is 0 Å². The molecule has 1 saturated heterocycles. The molecule has 17 heavy (non-hydrogen) atoms. The first-order valence-electron chi connectivity index (χ1n) is 6.21. The maximum atomic E-state index is 11.8. The molecule has 4 nitrogen and oxygen atoms in total. The highest BCUT2D eigenvalue weighted by molar-refractivity contribution is 6.19. The van der Waals surface area contributed by atoms with Crippen molar-refractivity contribution in [1.82, 2.24) is 15.1 Å². The average molecular weight is 262 g/mol. The minimum atomic E-state index is -0.469. The quantitative estimate of drug-likeness (QED) is 0.737. The molecule has 1 rings (SSSR count). The number of likely N-dealkylation sites (N-methyl/N-ethyl adjacent to an activating group) is 1. The monoisotopic (exact) mass is 261 g/mol. The molecule has 0 aliphatic carbocycles. The lowest BCUT2D eigenvalue weighted by atomic mass is 9.95. The highest BCUT2D eigenvalue weighted by Gasteiger charge is 2.26. The van der Waals surface area contributed by atoms with E-state index in [2.05, 4.69) is 22.2 Å². The summed E-state index contributed by atoms with van der Waals surface area (Å²) in [4.78, 5) is 16.5. The SMILES string of the molecule is CN1CCN(CCNC(=O)C(C)(C)CCl)CC1. The van der Waals surface area contributed by atoms with Crippen LogP contribution in [-0.2, 0) is 4.79 Å². The molecule has 100 valence electrons. The van der Waals surface area contributed by atoms with Gasteiger partial charge in [0.1, 0.15) is 0 Å². The number of amides is 1. The highest BCUT2D eigenvalue weighted by atomic mass is 35.5. The number of alkyl halides is 1. The first-order valence-corrected chi connectivity index (χ1v) is 6.74. The largest absolute Gasteiger partial charge is 0.354 e. The lowest BCUT2D eigenvalue weighted by Crippen LogP contribution is -2.48. The Hall–Kier alpha value is -0.320. The number of piperazine rings is 1. The van der Waals surface area contributed by atoms with Crippen LogP contribution in [-0.4, -0.2) is 67.9 Å². The van der Waals surface area contributed by atoms with E-state index in [0.29, 0.717) is 12.4 Å². The molecule has 0 bridgehead atoms. The zero-order valence-corrected chi connectivity index (χ0v) is 11.9. The molecular formula is C12H24ClN3O. The van der Waals surface area contributed by atoms with Gasteiger partial charge in [0.15, 0.2) is 0 Å². The molecule has 1 heterocycles. The molecule has 0 aromatic carbocycles. The molecule has 1 N–H and O–H groups in total. The van der Waals surface area contributed by atoms with E-state index in [1.807, 2.05) is 13.8 Å². The molecule has 0 unspecified atom stereocenters. The Morgan fingerprint density at radius 1 is 1.29 bits per heavy atom. The van der Waals surface area contributed by atoms with Crippen LogP contribution in [0.3, 0.4) is 0 Å². The van der Waals surface area contributed by atoms with Crippen molar-refractivity contribution in [2.45, 2.75) is 13.8 Å². The van der Waals surface area contributed by atoms with Crippen LogP contribution in [0.25, 0.3) is 0 Å². The van der Waals surface area contributed by atoms with E-state index in [1.165, 1.54) is 0 Å². The van der Waals surface area contributed by atoms with Gasteiger partial charge in [0.05, 0.1) is 5.41 Å². The molecule has 0 aromatic rings. The van der Waals surface area contributed by atoms with Gasteiger partial charge in [0.2, 0.25) is 5.91 Å². The number of nitrogens with one attached hydrogen (secondary N) is 1. The normalized spacial score (nSPS) is 19.3. The predicted octanol–water partition coefficient (Wildman–Crippen LogP) is 0.615. The van der Waals surface area contributed by atoms with E-state index in [4.69, 9.17) is 11.6 Å². The standard InChI is InChI=1S/C12H24ClN3O/c1-12(2,10-13)11(17)14-4-5-16-8-6-15(3)7-9-16/h4-10H2,1-3H3,(H,14,17). The number of carbonyl (C=O) groups excluding carboxylic acids is 1. The molecular weight excluding hydrogens is 238 g/mol. The van der Waals surface area contributed by atoms with Gasteiger partial charge in [-0.2, -0.15) is 0 Å². The Kier molecular flexibility index (Phi) is 5.70. The van der Waals surface area contributed by atoms with E-state index in [-0.39, 0.29) is 5.91 Å². The zero-order valence-electron chi connectivity index (χ0n) is 11.1. The number of rotatable bonds is 5. The Balaban J connectivity index is 2.18. The van der Waals surface area contributed by atoms with Gasteiger partial charge in [-0.3, -0.25) is 9.69 Å². The predicted molar refractivity (Wildman–Crippen MR) is 71.4 cm³/mol. The lowest BCUT2D eigenvalue weighted by Gasteiger charge is -2.32. The van der Waals surface area contributed by atoms with Gasteiger partial charge in [0, 0.05) is 45.1 Å². The minimum absolute atomic E-state index is 0.0432. The molecule has 5 heteroatoms. The van der Waals surface area contributed by atoms with Gasteiger partial charge in [0.25, 0.3) is 0 Å². The summed E-state index contributed by atoms with van der Waals surface area (Å²) in [5.74, 6) is 0.398. The Bertz CT molecular complexity index is 250. The first kappa shape index (κ1) is 14.7. The Morgan fingerprint density at radius 2 is 1.88 bits per heavy atom. The molecule has 1 fully saturated rings. The third-order valence-electron chi connectivity index (χ3n) is 3.26. The van der Waals surface area contributed by atoms with E-state index in [1.54, 1.807) is 0 Å². The summed E-state index contributed by atoms with van der Waals surface area (Å²) in [6, 6.07) is 0. The lowest BCUT2D eigenvalue weighted by molar-refractivity contribution is -0.128. The molecule has 1 aliphatic rings. The van der Waals surface area contributed by atoms with Crippen LogP contribution in [0.15, 0.2) is 0 Å². The molecule has 0 spiro atoms. The maximum Gasteiger partial charge on any atom is 0.226 e. The third-order valence-corrected chi connectivity index (χ3v) is 3.93. The fraction of sp³-hybridized carbons (Fsp3) is 0.917. The van der Waals surface area contributed by atoms with Crippen LogP contribution < -0.4 is 5.32 Å². The van der Waals surface area contributed by atoms with Gasteiger partial charge in [-0.1, -0.05) is 0 Å². The second kappa shape index (κ2) is 6.57. The Labute approximate surface area is 109 Å². The first-order chi connectivity index (χ1) is 7.95. The fourth-order valence-corrected chi connectivity index (χ4v) is 1.82. The summed E-state index contributed by atoms with van der Waals surface area (Å²) in [7, 11) is 2.14. The summed E-state index contributed by atoms with van der Waals surface area (Å²) in [6.07, 6.45) is 0. The number of hydrogen-bond donors (Lipinski definition) is 1. The van der Waals surface area contributed by atoms with Gasteiger partial charge in [-0.25, -0.2) is 0 Å². The fourth-order valence-electron chi connectivity index (χ4n) is 1.70. The number of hydrogen-bond acceptors (Lipinski definition) is 3. The van der Waals surface area contributed by atoms with Crippen LogP contribution >= 0.6 is 11.6 Å². The van der Waals surface area contributed by atoms with E-state index >= 15 is 0 Å². The van der Waals surface area contributed by atoms with Crippen molar-refractivity contribution in [3.05, 3.63) is 0 Å². The van der Waals surface area contributed by atoms with Crippen molar-refractivity contribution in [2.24, 2.45) is 5.41 Å². The van der Waals surface area contributed by atoms with E-state index < -0.39 is 5.41 Å². The summed E-state index contributed by atoms with van der Waals surface area (Å²) >= 11 is 5.75. The molecule has 0 radical (unpaired) electrons. The van der Waals surface area contributed by atoms with Crippen molar-refractivity contribution in [3.63, 3.8) is 0 Å². The highest BCUT2D eigenvalue weighted by Crippen LogP contribution is 2.16. The van der Waals surface area contributed by atoms with Crippen molar-refractivity contribution < 1.29 is 4.79 Å². The molecule has 0 aromatic heterocycles. The second-order valence-corrected chi connectivity index (χ2v) is 5.69. The molecule has 1 aliphatic heterocycles. The number of nitrogens with zero attached hydrogens (tertiary/aromatic N) is 2. The number of carbonyl (C=O) groups is 1. The van der Waals surface area contributed by atoms with E-state index in [9.17, 15) is 4.79 Å². The Morgan fingerprint density at radius 3 is 2.41 bits per heavy atom. The summed E-state index contributed by atoms with van der Waals surface area (Å²) < 4.78 is 0. The van der Waals surface area contributed by atoms with Gasteiger partial charge in [-0.15, -0.1) is 11.6 Å². The van der Waals surface area contributed by atoms with Gasteiger partial charge < -0.3 is 10.2 Å². The van der Waals surface area contributed by atoms with Crippen LogP contribution in [0.1, 0.15) is 13.8 Å². The van der Waals surface area contributed by atoms with Gasteiger partial charge >= 0.3 is 0 Å². The van der Waals surface area contributed by atoms with Crippen molar-refractivity contribution in [2.75, 3.05) is 52.2 Å². The molecule has 0 atom stereocenters. The van der Waals surface area contributed by atoms with Crippen molar-refractivity contribution in [3.8, 4) is 0 Å². The minimum Gasteiger partial charge on any atom is -0.354 e. The average Bonchev–Trinajstić information content (AvgIpc) is 2.31. The summed E-state index contributed by atoms with van der Waals surface area (Å²) in [5, 5.41) is 2.95. The zero-order chi connectivity index (χ0) is 12.9. The van der Waals surface area contributed by atoms with Crippen LogP contribution in [0, 0.1) is 5.41 Å². The maximum absolute atomic E-state index is 11.8. The van der Waals surface area contributed by atoms with E-state index in [0.717, 1.165) is 32.7 Å². The van der Waals surface area contributed by atoms with Gasteiger partial charge in [-0.05, 0) is 20.9 Å². The summed E-state index contributed by atoms with van der Waals surface area (Å²) in [6.45, 7) is 9.77. The van der Waals surface area contributed by atoms with Crippen LogP contribution in [0.4, 0.5) is 0 Å². The topological polar surface area (TPSA) is 35.6 Å². The van der Waals surface area contributed by atoms with Crippen LogP contribution in [0.5, 0.6) is 0 Å². The third kappa shape index (κ3) is 4.82.